The highest BCUT2D eigenvalue weighted by molar-refractivity contribution is 9.10. The Morgan fingerprint density at radius 3 is 3.29 bits per heavy atom. The minimum absolute atomic E-state index is 0.0764. The molecular formula is C9H11BrN2O2. The van der Waals surface area contributed by atoms with E-state index in [0.29, 0.717) is 0 Å². The van der Waals surface area contributed by atoms with E-state index in [4.69, 9.17) is 5.11 Å². The molecule has 0 aliphatic carbocycles. The van der Waals surface area contributed by atoms with Gasteiger partial charge in [0.15, 0.2) is 0 Å². The Morgan fingerprint density at radius 1 is 1.79 bits per heavy atom. The van der Waals surface area contributed by atoms with Gasteiger partial charge in [-0.25, -0.2) is 4.98 Å². The predicted molar refractivity (Wildman–Crippen MR) is 54.2 cm³/mol. The number of hydrogen-bond acceptors (Lipinski definition) is 2. The van der Waals surface area contributed by atoms with Crippen LogP contribution in [0.2, 0.25) is 0 Å². The molecule has 0 bridgehead atoms. The molecular weight excluding hydrogens is 248 g/mol. The molecule has 1 aliphatic rings. The molecule has 1 aromatic rings. The van der Waals surface area contributed by atoms with Crippen molar-refractivity contribution in [1.82, 2.24) is 9.55 Å². The maximum atomic E-state index is 10.6. The summed E-state index contributed by atoms with van der Waals surface area (Å²) in [6.45, 7) is 0.937. The Bertz CT molecular complexity index is 362. The third-order valence-electron chi connectivity index (χ3n) is 2.56. The first-order valence-corrected chi connectivity index (χ1v) is 5.40. The van der Waals surface area contributed by atoms with Gasteiger partial charge in [-0.3, -0.25) is 4.79 Å². The third kappa shape index (κ3) is 1.68. The van der Waals surface area contributed by atoms with Crippen molar-refractivity contribution in [2.75, 3.05) is 0 Å². The number of hydrogen-bond donors (Lipinski definition) is 1. The maximum absolute atomic E-state index is 10.6. The summed E-state index contributed by atoms with van der Waals surface area (Å²) >= 11 is 3.40. The van der Waals surface area contributed by atoms with E-state index in [0.717, 1.165) is 29.8 Å². The van der Waals surface area contributed by atoms with Gasteiger partial charge in [-0.2, -0.15) is 0 Å². The van der Waals surface area contributed by atoms with Crippen molar-refractivity contribution in [3.8, 4) is 0 Å². The molecule has 5 heteroatoms. The van der Waals surface area contributed by atoms with E-state index in [1.807, 2.05) is 0 Å². The molecule has 0 saturated carbocycles. The predicted octanol–water partition coefficient (Wildman–Crippen LogP) is 2.00. The second kappa shape index (κ2) is 3.73. The summed E-state index contributed by atoms with van der Waals surface area (Å²) in [5.74, 6) is 0.237. The summed E-state index contributed by atoms with van der Waals surface area (Å²) in [7, 11) is 0. The number of imidazole rings is 1. The summed E-state index contributed by atoms with van der Waals surface area (Å²) in [6, 6.07) is 0. The maximum Gasteiger partial charge on any atom is 0.304 e. The number of aromatic nitrogens is 2. The molecule has 1 atom stereocenters. The molecule has 0 spiro atoms. The van der Waals surface area contributed by atoms with E-state index in [9.17, 15) is 4.79 Å². The lowest BCUT2D eigenvalue weighted by Gasteiger charge is -2.22. The van der Waals surface area contributed by atoms with Gasteiger partial charge >= 0.3 is 5.97 Å². The lowest BCUT2D eigenvalue weighted by molar-refractivity contribution is -0.137. The van der Waals surface area contributed by atoms with Crippen LogP contribution in [0.5, 0.6) is 0 Å². The molecule has 0 aromatic carbocycles. The number of fused-ring (bicyclic) bond motifs is 1. The second-order valence-electron chi connectivity index (χ2n) is 3.53. The van der Waals surface area contributed by atoms with Gasteiger partial charge in [0.2, 0.25) is 0 Å². The molecule has 1 unspecified atom stereocenters. The number of aliphatic carboxylic acids is 1. The van der Waals surface area contributed by atoms with Crippen LogP contribution in [0.3, 0.4) is 0 Å². The normalized spacial score (nSPS) is 20.5. The van der Waals surface area contributed by atoms with Crippen LogP contribution < -0.4 is 0 Å². The van der Waals surface area contributed by atoms with Crippen LogP contribution in [0.4, 0.5) is 0 Å². The molecule has 1 aliphatic heterocycles. The average Bonchev–Trinajstić information content (AvgIpc) is 2.49. The number of halogens is 1. The number of carboxylic acid groups (broad SMARTS) is 1. The zero-order valence-corrected chi connectivity index (χ0v) is 9.20. The van der Waals surface area contributed by atoms with Gasteiger partial charge in [0.25, 0.3) is 0 Å². The molecule has 1 aromatic heterocycles. The molecule has 0 fully saturated rings. The smallest absolute Gasteiger partial charge is 0.304 e. The van der Waals surface area contributed by atoms with Crippen molar-refractivity contribution in [2.45, 2.75) is 31.7 Å². The van der Waals surface area contributed by atoms with Gasteiger partial charge in [0.1, 0.15) is 10.4 Å². The number of carbonyl (C=O) groups is 1. The highest BCUT2D eigenvalue weighted by atomic mass is 79.9. The minimum atomic E-state index is -0.748. The van der Waals surface area contributed by atoms with Gasteiger partial charge < -0.3 is 9.67 Å². The first kappa shape index (κ1) is 9.71. The number of carboxylic acids is 1. The van der Waals surface area contributed by atoms with Gasteiger partial charge in [0.05, 0.1) is 12.6 Å². The number of rotatable bonds is 2. The van der Waals surface area contributed by atoms with E-state index in [-0.39, 0.29) is 12.3 Å². The van der Waals surface area contributed by atoms with Crippen molar-refractivity contribution in [1.29, 1.82) is 0 Å². The van der Waals surface area contributed by atoms with E-state index in [1.54, 1.807) is 6.20 Å². The van der Waals surface area contributed by atoms with Crippen molar-refractivity contribution >= 4 is 21.9 Å². The van der Waals surface area contributed by atoms with Crippen molar-refractivity contribution in [3.63, 3.8) is 0 Å². The van der Waals surface area contributed by atoms with Crippen LogP contribution in [0.1, 0.15) is 31.0 Å². The lowest BCUT2D eigenvalue weighted by Crippen LogP contribution is -2.18. The summed E-state index contributed by atoms with van der Waals surface area (Å²) in [6.07, 6.45) is 3.88. The topological polar surface area (TPSA) is 55.1 Å². The zero-order valence-electron chi connectivity index (χ0n) is 7.61. The van der Waals surface area contributed by atoms with E-state index in [2.05, 4.69) is 25.5 Å². The highest BCUT2D eigenvalue weighted by Gasteiger charge is 2.25. The number of nitrogens with zero attached hydrogens (tertiary/aromatic N) is 2. The molecule has 4 nitrogen and oxygen atoms in total. The molecule has 0 amide bonds. The van der Waals surface area contributed by atoms with Crippen LogP contribution >= 0.6 is 15.9 Å². The summed E-state index contributed by atoms with van der Waals surface area (Å²) in [4.78, 5) is 14.9. The molecule has 0 saturated heterocycles. The fraction of sp³-hybridized carbons (Fsp3) is 0.556. The van der Waals surface area contributed by atoms with E-state index >= 15 is 0 Å². The third-order valence-corrected chi connectivity index (χ3v) is 3.19. The van der Waals surface area contributed by atoms with Crippen LogP contribution in [0.25, 0.3) is 0 Å². The summed E-state index contributed by atoms with van der Waals surface area (Å²) in [5.41, 5.74) is 0. The van der Waals surface area contributed by atoms with Crippen molar-refractivity contribution in [2.24, 2.45) is 0 Å². The quantitative estimate of drug-likeness (QED) is 0.883. The largest absolute Gasteiger partial charge is 0.481 e. The highest BCUT2D eigenvalue weighted by Crippen LogP contribution is 2.31. The Labute approximate surface area is 90.1 Å². The van der Waals surface area contributed by atoms with Crippen LogP contribution in [-0.4, -0.2) is 20.6 Å². The Hall–Kier alpha value is -0.840. The Kier molecular flexibility index (Phi) is 2.58. The van der Waals surface area contributed by atoms with Crippen LogP contribution in [0.15, 0.2) is 10.8 Å². The fourth-order valence-corrected chi connectivity index (χ4v) is 2.41. The molecule has 0 radical (unpaired) electrons. The average molecular weight is 259 g/mol. The molecule has 2 rings (SSSR count). The molecule has 14 heavy (non-hydrogen) atoms. The van der Waals surface area contributed by atoms with E-state index in [1.165, 1.54) is 0 Å². The fourth-order valence-electron chi connectivity index (χ4n) is 1.94. The van der Waals surface area contributed by atoms with Crippen molar-refractivity contribution < 1.29 is 9.90 Å². The second-order valence-corrected chi connectivity index (χ2v) is 4.34. The van der Waals surface area contributed by atoms with Crippen LogP contribution in [-0.2, 0) is 11.3 Å². The molecule has 2 heterocycles. The van der Waals surface area contributed by atoms with Gasteiger partial charge in [0, 0.05) is 12.5 Å². The lowest BCUT2D eigenvalue weighted by atomic mass is 9.96. The molecule has 76 valence electrons. The Morgan fingerprint density at radius 2 is 2.57 bits per heavy atom. The molecule has 1 N–H and O–H groups in total. The van der Waals surface area contributed by atoms with Crippen LogP contribution in [0, 0.1) is 0 Å². The van der Waals surface area contributed by atoms with Gasteiger partial charge in [-0.1, -0.05) is 0 Å². The first-order chi connectivity index (χ1) is 6.68. The standard InChI is InChI=1S/C9H11BrN2O2/c10-7-5-11-9-6(4-8(13)14)2-1-3-12(7)9/h5-6H,1-4H2,(H,13,14). The van der Waals surface area contributed by atoms with E-state index < -0.39 is 5.97 Å². The zero-order chi connectivity index (χ0) is 10.1. The monoisotopic (exact) mass is 258 g/mol. The first-order valence-electron chi connectivity index (χ1n) is 4.61. The van der Waals surface area contributed by atoms with Gasteiger partial charge in [-0.15, -0.1) is 0 Å². The van der Waals surface area contributed by atoms with Crippen molar-refractivity contribution in [3.05, 3.63) is 16.6 Å². The SMILES string of the molecule is O=C(O)CC1CCCn2c(Br)cnc21. The van der Waals surface area contributed by atoms with Gasteiger partial charge in [-0.05, 0) is 28.8 Å². The summed E-state index contributed by atoms with van der Waals surface area (Å²) < 4.78 is 3.00. The summed E-state index contributed by atoms with van der Waals surface area (Å²) in [5, 5.41) is 8.75. The minimum Gasteiger partial charge on any atom is -0.481 e. The Balaban J connectivity index is 2.27.